The van der Waals surface area contributed by atoms with Crippen LogP contribution in [0.5, 0.6) is 0 Å². The van der Waals surface area contributed by atoms with Crippen molar-refractivity contribution in [2.24, 2.45) is 0 Å². The summed E-state index contributed by atoms with van der Waals surface area (Å²) in [6.45, 7) is 6.58. The lowest BCUT2D eigenvalue weighted by Crippen LogP contribution is -2.26. The van der Waals surface area contributed by atoms with Crippen molar-refractivity contribution in [2.75, 3.05) is 9.80 Å². The molecule has 11 aromatic rings. The normalized spacial score (nSPS) is 12.7. The molecule has 0 aliphatic heterocycles. The second-order valence-corrected chi connectivity index (χ2v) is 19.6. The largest absolute Gasteiger partial charge is 0.310 e. The summed E-state index contributed by atoms with van der Waals surface area (Å²) >= 11 is 0. The van der Waals surface area contributed by atoms with Gasteiger partial charge in [-0.2, -0.15) is 0 Å². The molecule has 0 unspecified atom stereocenters. The minimum atomic E-state index is -0.605. The predicted molar refractivity (Wildman–Crippen MR) is 321 cm³/mol. The summed E-state index contributed by atoms with van der Waals surface area (Å²) in [6.07, 6.45) is 6.43. The third-order valence-electron chi connectivity index (χ3n) is 15.4. The van der Waals surface area contributed by atoms with E-state index in [2.05, 4.69) is 321 Å². The molecule has 0 fully saturated rings. The summed E-state index contributed by atoms with van der Waals surface area (Å²) in [4.78, 5) is 4.82. The summed E-state index contributed by atoms with van der Waals surface area (Å²) in [5, 5.41) is 0. The zero-order chi connectivity index (χ0) is 51.0. The van der Waals surface area contributed by atoms with Gasteiger partial charge in [-0.1, -0.05) is 231 Å². The van der Waals surface area contributed by atoms with Crippen LogP contribution in [0.15, 0.2) is 304 Å². The molecule has 0 atom stereocenters. The molecular weight excluding hydrogens is 917 g/mol. The van der Waals surface area contributed by atoms with Crippen LogP contribution in [0.2, 0.25) is 0 Å². The minimum absolute atomic E-state index is 0.605. The smallest absolute Gasteiger partial charge is 0.0727 e. The van der Waals surface area contributed by atoms with Crippen molar-refractivity contribution in [2.45, 2.75) is 12.3 Å². The van der Waals surface area contributed by atoms with Gasteiger partial charge < -0.3 is 9.80 Å². The summed E-state index contributed by atoms with van der Waals surface area (Å²) in [6, 6.07) is 102. The second kappa shape index (κ2) is 19.6. The van der Waals surface area contributed by atoms with Gasteiger partial charge in [0.15, 0.2) is 0 Å². The Kier molecular flexibility index (Phi) is 11.9. The van der Waals surface area contributed by atoms with E-state index in [0.717, 1.165) is 50.8 Å². The van der Waals surface area contributed by atoms with Gasteiger partial charge in [-0.15, -0.1) is 0 Å². The summed E-state index contributed by atoms with van der Waals surface area (Å²) in [5.41, 5.74) is 25.2. The highest BCUT2D eigenvalue weighted by atomic mass is 15.1. The molecule has 2 heteroatoms. The molecule has 0 amide bonds. The molecule has 11 aromatic carbocycles. The van der Waals surface area contributed by atoms with Gasteiger partial charge in [0.2, 0.25) is 0 Å². The van der Waals surface area contributed by atoms with Crippen LogP contribution in [0.4, 0.5) is 34.1 Å². The Balaban J connectivity index is 0.952. The molecule has 1 spiro atoms. The number of anilines is 6. The maximum atomic E-state index is 4.50. The quantitative estimate of drug-likeness (QED) is 0.113. The SMILES string of the molecule is C=C(/C=C\C(=C/C)c1ccccc1)c1ccc(N(c2ccccc2)c2ccc3c(c2)C2(c4ccccc4-c4ccccc42)c2cc(N(c4ccc(-c5ccccc5)cc4)c4ccc(-c5ccccc5)cc4)ccc2-3)cc1. The number of hydrogen-bond acceptors (Lipinski definition) is 2. The first-order valence-corrected chi connectivity index (χ1v) is 26.2. The van der Waals surface area contributed by atoms with Crippen LogP contribution >= 0.6 is 0 Å². The van der Waals surface area contributed by atoms with Crippen molar-refractivity contribution in [1.29, 1.82) is 0 Å². The fourth-order valence-electron chi connectivity index (χ4n) is 11.8. The van der Waals surface area contributed by atoms with Gasteiger partial charge in [0, 0.05) is 34.1 Å². The lowest BCUT2D eigenvalue weighted by molar-refractivity contribution is 0.793. The van der Waals surface area contributed by atoms with Gasteiger partial charge in [-0.3, -0.25) is 0 Å². The molecule has 2 nitrogen and oxygen atoms in total. The van der Waals surface area contributed by atoms with Gasteiger partial charge in [0.05, 0.1) is 5.41 Å². The molecule has 0 saturated heterocycles. The van der Waals surface area contributed by atoms with Crippen LogP contribution in [0, 0.1) is 0 Å². The molecule has 0 saturated carbocycles. The zero-order valence-electron chi connectivity index (χ0n) is 42.4. The van der Waals surface area contributed by atoms with Gasteiger partial charge in [-0.05, 0) is 169 Å². The lowest BCUT2D eigenvalue weighted by atomic mass is 9.70. The van der Waals surface area contributed by atoms with E-state index in [1.165, 1.54) is 72.3 Å². The van der Waals surface area contributed by atoms with Crippen LogP contribution < -0.4 is 9.80 Å². The second-order valence-electron chi connectivity index (χ2n) is 19.6. The number of allylic oxidation sites excluding steroid dienone is 5. The van der Waals surface area contributed by atoms with E-state index in [1.807, 2.05) is 0 Å². The highest BCUT2D eigenvalue weighted by Gasteiger charge is 2.52. The first-order valence-electron chi connectivity index (χ1n) is 26.2. The minimum Gasteiger partial charge on any atom is -0.310 e. The van der Waals surface area contributed by atoms with Crippen molar-refractivity contribution < 1.29 is 0 Å². The Morgan fingerprint density at radius 3 is 1.13 bits per heavy atom. The van der Waals surface area contributed by atoms with Crippen molar-refractivity contribution >= 4 is 45.3 Å². The molecule has 0 heterocycles. The monoisotopic (exact) mass is 970 g/mol. The van der Waals surface area contributed by atoms with Crippen LogP contribution in [-0.4, -0.2) is 0 Å². The molecule has 0 bridgehead atoms. The van der Waals surface area contributed by atoms with E-state index in [-0.39, 0.29) is 0 Å². The van der Waals surface area contributed by atoms with E-state index in [1.54, 1.807) is 0 Å². The lowest BCUT2D eigenvalue weighted by Gasteiger charge is -2.33. The van der Waals surface area contributed by atoms with E-state index < -0.39 is 5.41 Å². The highest BCUT2D eigenvalue weighted by Crippen LogP contribution is 2.64. The van der Waals surface area contributed by atoms with Crippen molar-refractivity contribution in [3.63, 3.8) is 0 Å². The molecular formula is C74H54N2. The van der Waals surface area contributed by atoms with Gasteiger partial charge in [-0.25, -0.2) is 0 Å². The van der Waals surface area contributed by atoms with E-state index >= 15 is 0 Å². The number of nitrogens with zero attached hydrogens (tertiary/aromatic N) is 2. The predicted octanol–water partition coefficient (Wildman–Crippen LogP) is 20.0. The zero-order valence-corrected chi connectivity index (χ0v) is 42.4. The average molecular weight is 971 g/mol. The van der Waals surface area contributed by atoms with Gasteiger partial charge in [0.1, 0.15) is 0 Å². The maximum Gasteiger partial charge on any atom is 0.0727 e. The Labute approximate surface area is 446 Å². The maximum absolute atomic E-state index is 4.50. The Morgan fingerprint density at radius 2 is 0.671 bits per heavy atom. The fourth-order valence-corrected chi connectivity index (χ4v) is 11.8. The Bertz CT molecular complexity index is 3840. The molecule has 76 heavy (non-hydrogen) atoms. The summed E-state index contributed by atoms with van der Waals surface area (Å²) in [5.74, 6) is 0. The molecule has 0 aromatic heterocycles. The third kappa shape index (κ3) is 8.00. The fraction of sp³-hybridized carbons (Fsp3) is 0.0270. The van der Waals surface area contributed by atoms with E-state index in [0.29, 0.717) is 0 Å². The number of rotatable bonds is 12. The number of benzene rings is 11. The highest BCUT2D eigenvalue weighted by molar-refractivity contribution is 5.98. The first kappa shape index (κ1) is 46.1. The topological polar surface area (TPSA) is 6.48 Å². The molecule has 2 aliphatic rings. The molecule has 0 radical (unpaired) electrons. The van der Waals surface area contributed by atoms with Crippen molar-refractivity contribution in [3.8, 4) is 44.5 Å². The average Bonchev–Trinajstić information content (AvgIpc) is 4.14. The molecule has 0 N–H and O–H groups in total. The van der Waals surface area contributed by atoms with Crippen molar-refractivity contribution in [1.82, 2.24) is 0 Å². The number of fused-ring (bicyclic) bond motifs is 10. The van der Waals surface area contributed by atoms with Crippen LogP contribution in [0.3, 0.4) is 0 Å². The van der Waals surface area contributed by atoms with E-state index in [9.17, 15) is 0 Å². The van der Waals surface area contributed by atoms with Gasteiger partial charge in [0.25, 0.3) is 0 Å². The molecule has 360 valence electrons. The summed E-state index contributed by atoms with van der Waals surface area (Å²) < 4.78 is 0. The van der Waals surface area contributed by atoms with E-state index in [4.69, 9.17) is 0 Å². The van der Waals surface area contributed by atoms with Crippen LogP contribution in [-0.2, 0) is 5.41 Å². The summed E-state index contributed by atoms with van der Waals surface area (Å²) in [7, 11) is 0. The number of para-hydroxylation sites is 1. The Hall–Kier alpha value is -9.76. The van der Waals surface area contributed by atoms with Crippen molar-refractivity contribution in [3.05, 3.63) is 337 Å². The standard InChI is InChI=1S/C74H54N2/c1-3-53(55-20-8-4-9-21-55)33-32-52(2)54-34-40-61(41-35-54)75(60-26-14-7-15-27-60)64-46-48-68-69-49-47-65(51-73(69)74(72(68)50-64)70-30-18-16-28-66(70)67-29-17-19-31-71(67)74)76(62-42-36-58(37-43-62)56-22-10-5-11-23-56)63-44-38-59(39-45-63)57-24-12-6-13-25-57/h3-51H,2H2,1H3/b33-32-,53-3+. The van der Waals surface area contributed by atoms with Crippen LogP contribution in [0.25, 0.3) is 55.7 Å². The Morgan fingerprint density at radius 1 is 0.316 bits per heavy atom. The molecule has 13 rings (SSSR count). The third-order valence-corrected chi connectivity index (χ3v) is 15.4. The first-order chi connectivity index (χ1) is 37.6. The number of hydrogen-bond donors (Lipinski definition) is 0. The molecule has 2 aliphatic carbocycles. The van der Waals surface area contributed by atoms with Crippen LogP contribution in [0.1, 0.15) is 40.3 Å². The van der Waals surface area contributed by atoms with Gasteiger partial charge >= 0.3 is 0 Å².